The zero-order chi connectivity index (χ0) is 11.4. The van der Waals surface area contributed by atoms with Crippen molar-refractivity contribution in [1.29, 1.82) is 0 Å². The number of aliphatic hydroxyl groups excluding tert-OH is 1. The fourth-order valence-corrected chi connectivity index (χ4v) is 2.20. The zero-order valence-electron chi connectivity index (χ0n) is 9.14. The number of aliphatic hydroxyl groups is 1. The topological polar surface area (TPSA) is 49.2 Å². The van der Waals surface area contributed by atoms with Gasteiger partial charge < -0.3 is 10.0 Å². The molecule has 1 heterocycles. The van der Waals surface area contributed by atoms with E-state index in [1.54, 1.807) is 6.33 Å². The minimum atomic E-state index is 0.232. The van der Waals surface area contributed by atoms with Crippen LogP contribution >= 0.6 is 15.9 Å². The number of halogens is 1. The van der Waals surface area contributed by atoms with Gasteiger partial charge in [0.1, 0.15) is 16.7 Å². The molecular formula is C11H16BrN3O. The lowest BCUT2D eigenvalue weighted by atomic mass is 9.91. The molecule has 1 aliphatic carbocycles. The summed E-state index contributed by atoms with van der Waals surface area (Å²) in [6.07, 6.45) is 6.12. The second kappa shape index (κ2) is 5.59. The summed E-state index contributed by atoms with van der Waals surface area (Å²) in [4.78, 5) is 10.6. The summed E-state index contributed by atoms with van der Waals surface area (Å²) in [5, 5.41) is 8.92. The molecule has 5 heteroatoms. The van der Waals surface area contributed by atoms with Crippen LogP contribution in [0, 0.1) is 0 Å². The van der Waals surface area contributed by atoms with Gasteiger partial charge in [-0.15, -0.1) is 0 Å². The van der Waals surface area contributed by atoms with Gasteiger partial charge in [-0.2, -0.15) is 0 Å². The molecule has 1 N–H and O–H groups in total. The lowest BCUT2D eigenvalue weighted by molar-refractivity contribution is 0.282. The van der Waals surface area contributed by atoms with Crippen molar-refractivity contribution >= 4 is 21.7 Å². The molecule has 1 aromatic heterocycles. The van der Waals surface area contributed by atoms with Crippen LogP contribution in [0.3, 0.4) is 0 Å². The molecule has 1 saturated carbocycles. The molecule has 2 rings (SSSR count). The lowest BCUT2D eigenvalue weighted by Gasteiger charge is -2.38. The second-order valence-electron chi connectivity index (χ2n) is 4.05. The van der Waals surface area contributed by atoms with Crippen LogP contribution < -0.4 is 4.90 Å². The summed E-state index contributed by atoms with van der Waals surface area (Å²) in [6, 6.07) is 2.53. The Kier molecular flexibility index (Phi) is 4.12. The molecule has 0 aliphatic heterocycles. The van der Waals surface area contributed by atoms with Crippen molar-refractivity contribution in [3.63, 3.8) is 0 Å². The Hall–Kier alpha value is -0.680. The predicted molar refractivity (Wildman–Crippen MR) is 66.4 cm³/mol. The molecule has 88 valence electrons. The number of anilines is 1. The van der Waals surface area contributed by atoms with E-state index in [2.05, 4.69) is 30.8 Å². The number of aromatic nitrogens is 2. The van der Waals surface area contributed by atoms with Gasteiger partial charge in [-0.25, -0.2) is 9.97 Å². The first kappa shape index (κ1) is 11.8. The van der Waals surface area contributed by atoms with Gasteiger partial charge in [0.05, 0.1) is 0 Å². The molecule has 0 saturated heterocycles. The fourth-order valence-electron chi connectivity index (χ4n) is 1.90. The van der Waals surface area contributed by atoms with Crippen LogP contribution in [0.2, 0.25) is 0 Å². The van der Waals surface area contributed by atoms with Gasteiger partial charge in [-0.1, -0.05) is 0 Å². The largest absolute Gasteiger partial charge is 0.396 e. The maximum absolute atomic E-state index is 8.92. The molecule has 0 unspecified atom stereocenters. The normalized spacial score (nSPS) is 15.9. The first-order chi connectivity index (χ1) is 7.81. The van der Waals surface area contributed by atoms with Gasteiger partial charge in [0.15, 0.2) is 0 Å². The molecule has 1 fully saturated rings. The summed E-state index contributed by atoms with van der Waals surface area (Å²) in [5.41, 5.74) is 0. The maximum Gasteiger partial charge on any atom is 0.133 e. The Morgan fingerprint density at radius 2 is 2.25 bits per heavy atom. The van der Waals surface area contributed by atoms with Crippen molar-refractivity contribution in [2.75, 3.05) is 18.1 Å². The second-order valence-corrected chi connectivity index (χ2v) is 4.87. The van der Waals surface area contributed by atoms with Gasteiger partial charge in [-0.05, 0) is 41.6 Å². The Morgan fingerprint density at radius 3 is 2.81 bits per heavy atom. The standard InChI is InChI=1S/C11H16BrN3O/c12-10-7-11(14-8-13-10)15(5-2-6-16)9-3-1-4-9/h7-9,16H,1-6H2. The summed E-state index contributed by atoms with van der Waals surface area (Å²) in [7, 11) is 0. The number of hydrogen-bond acceptors (Lipinski definition) is 4. The smallest absolute Gasteiger partial charge is 0.133 e. The fraction of sp³-hybridized carbons (Fsp3) is 0.636. The van der Waals surface area contributed by atoms with Crippen LogP contribution in [-0.2, 0) is 0 Å². The Balaban J connectivity index is 2.10. The van der Waals surface area contributed by atoms with Crippen molar-refractivity contribution in [1.82, 2.24) is 9.97 Å². The van der Waals surface area contributed by atoms with E-state index < -0.39 is 0 Å². The SMILES string of the molecule is OCCCN(c1cc(Br)ncn1)C1CCC1. The maximum atomic E-state index is 8.92. The molecule has 0 radical (unpaired) electrons. The van der Waals surface area contributed by atoms with Crippen LogP contribution in [0.25, 0.3) is 0 Å². The third kappa shape index (κ3) is 2.71. The zero-order valence-corrected chi connectivity index (χ0v) is 10.7. The lowest BCUT2D eigenvalue weighted by Crippen LogP contribution is -2.41. The third-order valence-corrected chi connectivity index (χ3v) is 3.42. The number of rotatable bonds is 5. The van der Waals surface area contributed by atoms with Crippen LogP contribution in [0.4, 0.5) is 5.82 Å². The van der Waals surface area contributed by atoms with Crippen LogP contribution in [0.5, 0.6) is 0 Å². The summed E-state index contributed by atoms with van der Waals surface area (Å²) in [6.45, 7) is 1.10. The van der Waals surface area contributed by atoms with Crippen LogP contribution in [-0.4, -0.2) is 34.3 Å². The first-order valence-corrected chi connectivity index (χ1v) is 6.45. The molecule has 0 atom stereocenters. The van der Waals surface area contributed by atoms with Gasteiger partial charge in [0.2, 0.25) is 0 Å². The Morgan fingerprint density at radius 1 is 1.44 bits per heavy atom. The highest BCUT2D eigenvalue weighted by Crippen LogP contribution is 2.29. The monoisotopic (exact) mass is 285 g/mol. The summed E-state index contributed by atoms with van der Waals surface area (Å²) < 4.78 is 0.811. The van der Waals surface area contributed by atoms with E-state index >= 15 is 0 Å². The van der Waals surface area contributed by atoms with Crippen LogP contribution in [0.1, 0.15) is 25.7 Å². The quantitative estimate of drug-likeness (QED) is 0.841. The van der Waals surface area contributed by atoms with Crippen molar-refractivity contribution in [3.8, 4) is 0 Å². The molecule has 0 aromatic carbocycles. The van der Waals surface area contributed by atoms with Crippen molar-refractivity contribution in [2.45, 2.75) is 31.7 Å². The molecule has 16 heavy (non-hydrogen) atoms. The summed E-state index contributed by atoms with van der Waals surface area (Å²) in [5.74, 6) is 0.958. The molecule has 1 aliphatic rings. The van der Waals surface area contributed by atoms with E-state index in [0.717, 1.165) is 23.4 Å². The minimum absolute atomic E-state index is 0.232. The molecule has 4 nitrogen and oxygen atoms in total. The number of hydrogen-bond donors (Lipinski definition) is 1. The minimum Gasteiger partial charge on any atom is -0.396 e. The summed E-state index contributed by atoms with van der Waals surface area (Å²) >= 11 is 3.36. The first-order valence-electron chi connectivity index (χ1n) is 5.66. The van der Waals surface area contributed by atoms with Crippen molar-refractivity contribution in [3.05, 3.63) is 17.0 Å². The predicted octanol–water partition coefficient (Wildman–Crippen LogP) is 1.98. The molecule has 0 bridgehead atoms. The molecule has 0 amide bonds. The molecule has 1 aromatic rings. The average molecular weight is 286 g/mol. The highest BCUT2D eigenvalue weighted by Gasteiger charge is 2.25. The Bertz CT molecular complexity index is 344. The van der Waals surface area contributed by atoms with E-state index in [1.165, 1.54) is 19.3 Å². The third-order valence-electron chi connectivity index (χ3n) is 2.99. The van der Waals surface area contributed by atoms with E-state index in [-0.39, 0.29) is 6.61 Å². The van der Waals surface area contributed by atoms with Gasteiger partial charge in [-0.3, -0.25) is 0 Å². The molecule has 0 spiro atoms. The van der Waals surface area contributed by atoms with E-state index in [9.17, 15) is 0 Å². The van der Waals surface area contributed by atoms with E-state index in [0.29, 0.717) is 6.04 Å². The Labute approximate surface area is 104 Å². The average Bonchev–Trinajstić information content (AvgIpc) is 2.21. The van der Waals surface area contributed by atoms with E-state index in [1.807, 2.05) is 6.07 Å². The van der Waals surface area contributed by atoms with Crippen molar-refractivity contribution in [2.24, 2.45) is 0 Å². The highest BCUT2D eigenvalue weighted by atomic mass is 79.9. The van der Waals surface area contributed by atoms with Crippen molar-refractivity contribution < 1.29 is 5.11 Å². The van der Waals surface area contributed by atoms with Gasteiger partial charge in [0.25, 0.3) is 0 Å². The highest BCUT2D eigenvalue weighted by molar-refractivity contribution is 9.10. The number of nitrogens with zero attached hydrogens (tertiary/aromatic N) is 3. The molecular weight excluding hydrogens is 270 g/mol. The van der Waals surface area contributed by atoms with Crippen LogP contribution in [0.15, 0.2) is 17.0 Å². The van der Waals surface area contributed by atoms with Gasteiger partial charge in [0, 0.05) is 25.3 Å². The van der Waals surface area contributed by atoms with Gasteiger partial charge >= 0.3 is 0 Å². The van der Waals surface area contributed by atoms with E-state index in [4.69, 9.17) is 5.11 Å².